The highest BCUT2D eigenvalue weighted by Gasteiger charge is 2.22. The van der Waals surface area contributed by atoms with Gasteiger partial charge in [0, 0.05) is 32.1 Å². The first-order valence-electron chi connectivity index (χ1n) is 5.11. The van der Waals surface area contributed by atoms with Gasteiger partial charge < -0.3 is 10.2 Å². The molecule has 3 heteroatoms. The van der Waals surface area contributed by atoms with Crippen molar-refractivity contribution in [2.75, 3.05) is 19.6 Å². The first-order chi connectivity index (χ1) is 6.11. The molecule has 1 atom stereocenters. The zero-order chi connectivity index (χ0) is 9.84. The summed E-state index contributed by atoms with van der Waals surface area (Å²) in [5.41, 5.74) is 0. The van der Waals surface area contributed by atoms with Gasteiger partial charge in [0.1, 0.15) is 0 Å². The third-order valence-corrected chi connectivity index (χ3v) is 2.40. The van der Waals surface area contributed by atoms with E-state index in [1.807, 2.05) is 4.90 Å². The van der Waals surface area contributed by atoms with Gasteiger partial charge in [0.15, 0.2) is 0 Å². The van der Waals surface area contributed by atoms with E-state index >= 15 is 0 Å². The lowest BCUT2D eigenvalue weighted by atomic mass is 10.1. The van der Waals surface area contributed by atoms with E-state index in [1.165, 1.54) is 0 Å². The van der Waals surface area contributed by atoms with Crippen LogP contribution in [0, 0.1) is 5.92 Å². The van der Waals surface area contributed by atoms with Gasteiger partial charge in [-0.05, 0) is 12.8 Å². The molecule has 76 valence electrons. The minimum absolute atomic E-state index is 0.309. The van der Waals surface area contributed by atoms with E-state index in [2.05, 4.69) is 26.1 Å². The zero-order valence-electron chi connectivity index (χ0n) is 8.84. The summed E-state index contributed by atoms with van der Waals surface area (Å²) in [5.74, 6) is 0.776. The molecule has 0 aliphatic carbocycles. The predicted molar refractivity (Wildman–Crippen MR) is 53.5 cm³/mol. The van der Waals surface area contributed by atoms with Crippen LogP contribution in [0.5, 0.6) is 0 Å². The monoisotopic (exact) mass is 184 g/mol. The maximum absolute atomic E-state index is 11.7. The molecule has 1 rings (SSSR count). The topological polar surface area (TPSA) is 32.3 Å². The molecule has 0 unspecified atom stereocenters. The van der Waals surface area contributed by atoms with E-state index in [4.69, 9.17) is 0 Å². The van der Waals surface area contributed by atoms with Gasteiger partial charge in [0.05, 0.1) is 0 Å². The van der Waals surface area contributed by atoms with E-state index in [-0.39, 0.29) is 0 Å². The van der Waals surface area contributed by atoms with Crippen LogP contribution < -0.4 is 5.32 Å². The summed E-state index contributed by atoms with van der Waals surface area (Å²) < 4.78 is 0. The van der Waals surface area contributed by atoms with Gasteiger partial charge in [-0.15, -0.1) is 0 Å². The van der Waals surface area contributed by atoms with Crippen molar-refractivity contribution in [3.05, 3.63) is 0 Å². The molecule has 0 bridgehead atoms. The number of piperazine rings is 1. The number of hydrogen-bond donors (Lipinski definition) is 1. The number of carbonyl (C=O) groups is 1. The Bertz CT molecular complexity index is 180. The summed E-state index contributed by atoms with van der Waals surface area (Å²) in [4.78, 5) is 13.7. The average molecular weight is 184 g/mol. The minimum atomic E-state index is 0.309. The molecule has 1 aliphatic rings. The molecule has 0 radical (unpaired) electrons. The fourth-order valence-corrected chi connectivity index (χ4v) is 1.68. The van der Waals surface area contributed by atoms with E-state index in [9.17, 15) is 4.79 Å². The third-order valence-electron chi connectivity index (χ3n) is 2.40. The normalized spacial score (nSPS) is 23.7. The van der Waals surface area contributed by atoms with Gasteiger partial charge in [-0.3, -0.25) is 4.79 Å². The number of nitrogens with zero attached hydrogens (tertiary/aromatic N) is 1. The Morgan fingerprint density at radius 1 is 1.62 bits per heavy atom. The molecular weight excluding hydrogens is 164 g/mol. The molecule has 1 amide bonds. The largest absolute Gasteiger partial charge is 0.337 e. The summed E-state index contributed by atoms with van der Waals surface area (Å²) >= 11 is 0. The van der Waals surface area contributed by atoms with Crippen LogP contribution in [0.2, 0.25) is 0 Å². The molecular formula is C10H20N2O. The van der Waals surface area contributed by atoms with Crippen LogP contribution in [0.3, 0.4) is 0 Å². The van der Waals surface area contributed by atoms with Crippen LogP contribution in [0.1, 0.15) is 27.2 Å². The molecule has 1 aliphatic heterocycles. The van der Waals surface area contributed by atoms with Crippen LogP contribution in [0.25, 0.3) is 0 Å². The van der Waals surface area contributed by atoms with Crippen LogP contribution in [-0.4, -0.2) is 36.5 Å². The molecule has 1 fully saturated rings. The molecule has 13 heavy (non-hydrogen) atoms. The fraction of sp³-hybridized carbons (Fsp3) is 0.900. The van der Waals surface area contributed by atoms with E-state index in [0.717, 1.165) is 19.6 Å². The Balaban J connectivity index is 2.44. The van der Waals surface area contributed by atoms with E-state index < -0.39 is 0 Å². The van der Waals surface area contributed by atoms with Gasteiger partial charge in [0.25, 0.3) is 0 Å². The highest BCUT2D eigenvalue weighted by atomic mass is 16.2. The Morgan fingerprint density at radius 2 is 2.31 bits per heavy atom. The van der Waals surface area contributed by atoms with Crippen molar-refractivity contribution in [3.63, 3.8) is 0 Å². The zero-order valence-corrected chi connectivity index (χ0v) is 8.84. The van der Waals surface area contributed by atoms with Gasteiger partial charge >= 0.3 is 0 Å². The lowest BCUT2D eigenvalue weighted by Gasteiger charge is -2.34. The summed E-state index contributed by atoms with van der Waals surface area (Å²) in [6.07, 6.45) is 0.685. The molecule has 0 spiro atoms. The SMILES string of the molecule is CC(C)CC(=O)N1CCNC[C@@H]1C. The minimum Gasteiger partial charge on any atom is -0.337 e. The highest BCUT2D eigenvalue weighted by Crippen LogP contribution is 2.09. The number of carbonyl (C=O) groups excluding carboxylic acids is 1. The average Bonchev–Trinajstić information content (AvgIpc) is 2.03. The molecule has 1 N–H and O–H groups in total. The second-order valence-electron chi connectivity index (χ2n) is 4.24. The second-order valence-corrected chi connectivity index (χ2v) is 4.24. The first-order valence-corrected chi connectivity index (χ1v) is 5.11. The van der Waals surface area contributed by atoms with E-state index in [1.54, 1.807) is 0 Å². The van der Waals surface area contributed by atoms with Gasteiger partial charge in [-0.1, -0.05) is 13.8 Å². The van der Waals surface area contributed by atoms with Crippen molar-refractivity contribution < 1.29 is 4.79 Å². The van der Waals surface area contributed by atoms with Crippen molar-refractivity contribution in [1.29, 1.82) is 0 Å². The third kappa shape index (κ3) is 2.99. The van der Waals surface area contributed by atoms with Crippen LogP contribution in [0.4, 0.5) is 0 Å². The number of amides is 1. The summed E-state index contributed by atoms with van der Waals surface area (Å²) in [6, 6.07) is 0.361. The quantitative estimate of drug-likeness (QED) is 0.690. The van der Waals surface area contributed by atoms with Crippen LogP contribution in [-0.2, 0) is 4.79 Å². The molecule has 0 aromatic carbocycles. The summed E-state index contributed by atoms with van der Waals surface area (Å²) in [5, 5.41) is 3.28. The molecule has 0 aromatic heterocycles. The molecule has 1 heterocycles. The van der Waals surface area contributed by atoms with Crippen molar-refractivity contribution >= 4 is 5.91 Å². The molecule has 1 saturated heterocycles. The standard InChI is InChI=1S/C10H20N2O/c1-8(2)6-10(13)12-5-4-11-7-9(12)3/h8-9,11H,4-7H2,1-3H3/t9-/m0/s1. The van der Waals surface area contributed by atoms with Crippen LogP contribution in [0.15, 0.2) is 0 Å². The second kappa shape index (κ2) is 4.61. The molecule has 0 aromatic rings. The van der Waals surface area contributed by atoms with E-state index in [0.29, 0.717) is 24.3 Å². The number of rotatable bonds is 2. The van der Waals surface area contributed by atoms with Crippen LogP contribution >= 0.6 is 0 Å². The maximum atomic E-state index is 11.7. The van der Waals surface area contributed by atoms with Gasteiger partial charge in [0.2, 0.25) is 5.91 Å². The Kier molecular flexibility index (Phi) is 3.72. The fourth-order valence-electron chi connectivity index (χ4n) is 1.68. The first kappa shape index (κ1) is 10.5. The van der Waals surface area contributed by atoms with Gasteiger partial charge in [-0.25, -0.2) is 0 Å². The summed E-state index contributed by atoms with van der Waals surface area (Å²) in [7, 11) is 0. The predicted octanol–water partition coefficient (Wildman–Crippen LogP) is 0.853. The molecule has 0 saturated carbocycles. The highest BCUT2D eigenvalue weighted by molar-refractivity contribution is 5.76. The van der Waals surface area contributed by atoms with Crippen molar-refractivity contribution in [2.24, 2.45) is 5.92 Å². The smallest absolute Gasteiger partial charge is 0.223 e. The maximum Gasteiger partial charge on any atom is 0.223 e. The summed E-state index contributed by atoms with van der Waals surface area (Å²) in [6.45, 7) is 9.02. The Labute approximate surface area is 80.5 Å². The molecule has 3 nitrogen and oxygen atoms in total. The Hall–Kier alpha value is -0.570. The lowest BCUT2D eigenvalue weighted by molar-refractivity contribution is -0.134. The van der Waals surface area contributed by atoms with Crippen molar-refractivity contribution in [2.45, 2.75) is 33.2 Å². The lowest BCUT2D eigenvalue weighted by Crippen LogP contribution is -2.52. The number of nitrogens with one attached hydrogen (secondary N) is 1. The number of hydrogen-bond acceptors (Lipinski definition) is 2. The van der Waals surface area contributed by atoms with Crippen molar-refractivity contribution in [1.82, 2.24) is 10.2 Å². The Morgan fingerprint density at radius 3 is 2.85 bits per heavy atom. The van der Waals surface area contributed by atoms with Crippen molar-refractivity contribution in [3.8, 4) is 0 Å². The van der Waals surface area contributed by atoms with Gasteiger partial charge in [-0.2, -0.15) is 0 Å².